The summed E-state index contributed by atoms with van der Waals surface area (Å²) < 4.78 is 7.40. The molecule has 0 aliphatic carbocycles. The van der Waals surface area contributed by atoms with Gasteiger partial charge in [0.2, 0.25) is 5.16 Å². The van der Waals surface area contributed by atoms with Crippen molar-refractivity contribution in [1.82, 2.24) is 25.2 Å². The Kier molecular flexibility index (Phi) is 4.78. The van der Waals surface area contributed by atoms with Gasteiger partial charge in [-0.15, -0.1) is 5.10 Å². The van der Waals surface area contributed by atoms with E-state index in [2.05, 4.69) is 20.5 Å². The van der Waals surface area contributed by atoms with Crippen LogP contribution in [0.1, 0.15) is 35.8 Å². The van der Waals surface area contributed by atoms with Gasteiger partial charge >= 0.3 is 0 Å². The van der Waals surface area contributed by atoms with Crippen LogP contribution in [0.2, 0.25) is 0 Å². The highest BCUT2D eigenvalue weighted by atomic mass is 32.2. The third-order valence-electron chi connectivity index (χ3n) is 4.69. The van der Waals surface area contributed by atoms with Crippen LogP contribution in [-0.4, -0.2) is 48.9 Å². The average Bonchev–Trinajstić information content (AvgIpc) is 3.35. The Labute approximate surface area is 155 Å². The first-order chi connectivity index (χ1) is 12.6. The molecule has 1 fully saturated rings. The van der Waals surface area contributed by atoms with Crippen molar-refractivity contribution < 1.29 is 9.53 Å². The zero-order chi connectivity index (χ0) is 18.1. The number of aromatic amines is 1. The number of hydrogen-bond donors (Lipinski definition) is 1. The van der Waals surface area contributed by atoms with Crippen LogP contribution in [0.25, 0.3) is 10.9 Å². The summed E-state index contributed by atoms with van der Waals surface area (Å²) in [6.45, 7) is 5.26. The number of rotatable bonds is 6. The number of ether oxygens (including phenoxy) is 1. The van der Waals surface area contributed by atoms with Gasteiger partial charge in [0.1, 0.15) is 0 Å². The van der Waals surface area contributed by atoms with E-state index in [9.17, 15) is 4.79 Å². The van der Waals surface area contributed by atoms with E-state index >= 15 is 0 Å². The number of nitrogens with one attached hydrogen (secondary N) is 1. The minimum Gasteiger partial charge on any atom is -0.376 e. The van der Waals surface area contributed by atoms with Crippen LogP contribution in [0.5, 0.6) is 0 Å². The second kappa shape index (κ2) is 7.20. The predicted octanol–water partition coefficient (Wildman–Crippen LogP) is 3.01. The monoisotopic (exact) mass is 371 g/mol. The van der Waals surface area contributed by atoms with Gasteiger partial charge in [-0.25, -0.2) is 4.68 Å². The Morgan fingerprint density at radius 1 is 1.46 bits per heavy atom. The van der Waals surface area contributed by atoms with E-state index in [1.54, 1.807) is 4.68 Å². The molecule has 0 radical (unpaired) electrons. The molecule has 4 rings (SSSR count). The van der Waals surface area contributed by atoms with Crippen LogP contribution < -0.4 is 0 Å². The molecule has 2 atom stereocenters. The standard InChI is InChI=1S/C18H21N5O2S/c1-11-16(14-7-3-4-8-15(14)19-11)17(24)12(2)26-18-20-21-22-23(18)10-13-6-5-9-25-13/h3-4,7-8,12-13,19H,5-6,9-10H2,1-2H3/t12-,13-/m1/s1. The van der Waals surface area contributed by atoms with E-state index in [1.165, 1.54) is 11.8 Å². The van der Waals surface area contributed by atoms with Gasteiger partial charge in [0, 0.05) is 28.8 Å². The van der Waals surface area contributed by atoms with Crippen molar-refractivity contribution in [3.05, 3.63) is 35.5 Å². The highest BCUT2D eigenvalue weighted by molar-refractivity contribution is 8.00. The molecule has 8 heteroatoms. The van der Waals surface area contributed by atoms with Crippen molar-refractivity contribution in [2.75, 3.05) is 6.61 Å². The van der Waals surface area contributed by atoms with Gasteiger partial charge in [-0.3, -0.25) is 4.79 Å². The molecule has 0 spiro atoms. The van der Waals surface area contributed by atoms with Crippen LogP contribution in [0.15, 0.2) is 29.4 Å². The number of aromatic nitrogens is 5. The number of H-pyrrole nitrogens is 1. The fourth-order valence-corrected chi connectivity index (χ4v) is 4.24. The number of ketones is 1. The number of tetrazole rings is 1. The van der Waals surface area contributed by atoms with Crippen LogP contribution in [-0.2, 0) is 11.3 Å². The smallest absolute Gasteiger partial charge is 0.210 e. The Morgan fingerprint density at radius 2 is 2.31 bits per heavy atom. The number of thioether (sulfide) groups is 1. The Balaban J connectivity index is 1.53. The SMILES string of the molecule is Cc1[nH]c2ccccc2c1C(=O)[C@@H](C)Sc1nnnn1C[C@H]1CCCO1. The van der Waals surface area contributed by atoms with E-state index in [0.717, 1.165) is 41.6 Å². The molecular weight excluding hydrogens is 350 g/mol. The van der Waals surface area contributed by atoms with Gasteiger partial charge in [0.05, 0.1) is 17.9 Å². The molecule has 0 bridgehead atoms. The second-order valence-corrected chi connectivity index (χ2v) is 7.88. The number of nitrogens with zero attached hydrogens (tertiary/aromatic N) is 4. The van der Waals surface area contributed by atoms with E-state index < -0.39 is 0 Å². The minimum atomic E-state index is -0.290. The quantitative estimate of drug-likeness (QED) is 0.529. The van der Waals surface area contributed by atoms with Crippen molar-refractivity contribution in [3.63, 3.8) is 0 Å². The number of hydrogen-bond acceptors (Lipinski definition) is 6. The van der Waals surface area contributed by atoms with Gasteiger partial charge in [0.25, 0.3) is 0 Å². The summed E-state index contributed by atoms with van der Waals surface area (Å²) in [5.41, 5.74) is 2.62. The molecule has 1 saturated heterocycles. The molecule has 136 valence electrons. The van der Waals surface area contributed by atoms with Gasteiger partial charge in [-0.05, 0) is 43.2 Å². The first-order valence-corrected chi connectivity index (χ1v) is 9.67. The van der Waals surface area contributed by atoms with Gasteiger partial charge in [0.15, 0.2) is 5.78 Å². The maximum absolute atomic E-state index is 13.1. The number of fused-ring (bicyclic) bond motifs is 1. The minimum absolute atomic E-state index is 0.0802. The molecule has 0 amide bonds. The molecule has 3 aromatic rings. The topological polar surface area (TPSA) is 85.7 Å². The maximum atomic E-state index is 13.1. The fourth-order valence-electron chi connectivity index (χ4n) is 3.39. The normalized spacial score (nSPS) is 18.5. The molecular formula is C18H21N5O2S. The lowest BCUT2D eigenvalue weighted by molar-refractivity contribution is 0.0911. The first-order valence-electron chi connectivity index (χ1n) is 8.79. The number of carbonyl (C=O) groups is 1. The van der Waals surface area contributed by atoms with E-state index in [1.807, 2.05) is 38.1 Å². The van der Waals surface area contributed by atoms with Crippen molar-refractivity contribution in [3.8, 4) is 0 Å². The third kappa shape index (κ3) is 3.26. The van der Waals surface area contributed by atoms with Crippen LogP contribution in [0.4, 0.5) is 0 Å². The lowest BCUT2D eigenvalue weighted by Gasteiger charge is -2.12. The molecule has 7 nitrogen and oxygen atoms in total. The Hall–Kier alpha value is -2.19. The average molecular weight is 371 g/mol. The molecule has 3 heterocycles. The zero-order valence-electron chi connectivity index (χ0n) is 14.8. The molecule has 1 aliphatic rings. The first kappa shape index (κ1) is 17.2. The molecule has 0 unspecified atom stereocenters. The number of carbonyl (C=O) groups excluding carboxylic acids is 1. The molecule has 1 aliphatic heterocycles. The number of para-hydroxylation sites is 1. The van der Waals surface area contributed by atoms with Crippen molar-refractivity contribution in [1.29, 1.82) is 0 Å². The molecule has 1 aromatic carbocycles. The van der Waals surface area contributed by atoms with Gasteiger partial charge < -0.3 is 9.72 Å². The molecule has 0 saturated carbocycles. The number of aryl methyl sites for hydroxylation is 1. The van der Waals surface area contributed by atoms with Gasteiger partial charge in [-0.2, -0.15) is 0 Å². The molecule has 2 aromatic heterocycles. The van der Waals surface area contributed by atoms with Crippen LogP contribution in [0, 0.1) is 6.92 Å². The van der Waals surface area contributed by atoms with E-state index in [-0.39, 0.29) is 17.1 Å². The Morgan fingerprint density at radius 3 is 3.12 bits per heavy atom. The summed E-state index contributed by atoms with van der Waals surface area (Å²) in [6.07, 6.45) is 2.25. The zero-order valence-corrected chi connectivity index (χ0v) is 15.6. The number of benzene rings is 1. The maximum Gasteiger partial charge on any atom is 0.210 e. The summed E-state index contributed by atoms with van der Waals surface area (Å²) in [5.74, 6) is 0.0802. The predicted molar refractivity (Wildman–Crippen MR) is 99.5 cm³/mol. The Bertz CT molecular complexity index is 929. The van der Waals surface area contributed by atoms with Crippen LogP contribution >= 0.6 is 11.8 Å². The summed E-state index contributed by atoms with van der Waals surface area (Å²) in [5, 5.41) is 13.3. The number of Topliss-reactive ketones (excluding diaryl/α,β-unsaturated/α-hetero) is 1. The van der Waals surface area contributed by atoms with Crippen molar-refractivity contribution in [2.45, 2.75) is 49.7 Å². The summed E-state index contributed by atoms with van der Waals surface area (Å²) in [7, 11) is 0. The van der Waals surface area contributed by atoms with Gasteiger partial charge in [-0.1, -0.05) is 30.0 Å². The summed E-state index contributed by atoms with van der Waals surface area (Å²) >= 11 is 1.39. The van der Waals surface area contributed by atoms with Crippen molar-refractivity contribution in [2.24, 2.45) is 0 Å². The van der Waals surface area contributed by atoms with E-state index in [4.69, 9.17) is 4.74 Å². The highest BCUT2D eigenvalue weighted by Gasteiger charge is 2.25. The highest BCUT2D eigenvalue weighted by Crippen LogP contribution is 2.29. The largest absolute Gasteiger partial charge is 0.376 e. The summed E-state index contributed by atoms with van der Waals surface area (Å²) in [6, 6.07) is 7.88. The van der Waals surface area contributed by atoms with Crippen LogP contribution in [0.3, 0.4) is 0 Å². The third-order valence-corrected chi connectivity index (χ3v) is 5.76. The lowest BCUT2D eigenvalue weighted by atomic mass is 10.1. The molecule has 26 heavy (non-hydrogen) atoms. The molecule has 1 N–H and O–H groups in total. The van der Waals surface area contributed by atoms with E-state index in [0.29, 0.717) is 11.7 Å². The lowest BCUT2D eigenvalue weighted by Crippen LogP contribution is -2.19. The summed E-state index contributed by atoms with van der Waals surface area (Å²) in [4.78, 5) is 16.4. The fraction of sp³-hybridized carbons (Fsp3) is 0.444. The van der Waals surface area contributed by atoms with Crippen molar-refractivity contribution >= 4 is 28.4 Å². The second-order valence-electron chi connectivity index (χ2n) is 6.57.